The second-order valence-corrected chi connectivity index (χ2v) is 8.18. The van der Waals surface area contributed by atoms with Gasteiger partial charge < -0.3 is 5.32 Å². The Bertz CT molecular complexity index is 1000. The second kappa shape index (κ2) is 9.55. The Morgan fingerprint density at radius 1 is 1.20 bits per heavy atom. The van der Waals surface area contributed by atoms with Crippen LogP contribution < -0.4 is 10.7 Å². The molecule has 0 spiro atoms. The van der Waals surface area contributed by atoms with Crippen LogP contribution >= 0.6 is 39.7 Å². The van der Waals surface area contributed by atoms with Gasteiger partial charge in [0.25, 0.3) is 11.8 Å². The van der Waals surface area contributed by atoms with Crippen LogP contribution in [0.3, 0.4) is 0 Å². The standard InChI is InChI=1S/C20H18BrClN4O3S/c1-2-25-19(29)16(11-17(27)23-15-5-3-4-14(22)10-15)26(20(25)30)24-18(28)12-6-8-13(21)9-7-12/h3-10,16H,2,11H2,1H3,(H,23,27)(H,24,28). The number of likely N-dealkylation sites (N-methyl/N-ethyl adjacent to an activating group) is 1. The van der Waals surface area contributed by atoms with Crippen molar-refractivity contribution in [2.45, 2.75) is 19.4 Å². The maximum absolute atomic E-state index is 12.8. The number of carbonyl (C=O) groups excluding carboxylic acids is 3. The summed E-state index contributed by atoms with van der Waals surface area (Å²) in [4.78, 5) is 39.4. The molecule has 1 aliphatic heterocycles. The molecule has 30 heavy (non-hydrogen) atoms. The van der Waals surface area contributed by atoms with E-state index in [0.717, 1.165) is 4.47 Å². The number of hydrogen-bond donors (Lipinski definition) is 2. The number of anilines is 1. The molecule has 1 heterocycles. The molecule has 2 aromatic rings. The minimum atomic E-state index is -0.948. The first-order valence-electron chi connectivity index (χ1n) is 9.06. The Hall–Kier alpha value is -2.49. The molecule has 7 nitrogen and oxygen atoms in total. The van der Waals surface area contributed by atoms with E-state index in [2.05, 4.69) is 26.7 Å². The summed E-state index contributed by atoms with van der Waals surface area (Å²) in [6, 6.07) is 12.5. The summed E-state index contributed by atoms with van der Waals surface area (Å²) in [7, 11) is 0. The van der Waals surface area contributed by atoms with E-state index in [9.17, 15) is 14.4 Å². The van der Waals surface area contributed by atoms with E-state index in [0.29, 0.717) is 22.8 Å². The van der Waals surface area contributed by atoms with Gasteiger partial charge in [-0.05, 0) is 61.6 Å². The number of benzene rings is 2. The molecule has 0 bridgehead atoms. The van der Waals surface area contributed by atoms with E-state index in [1.807, 2.05) is 0 Å². The van der Waals surface area contributed by atoms with Crippen LogP contribution in [0.1, 0.15) is 23.7 Å². The van der Waals surface area contributed by atoms with Crippen molar-refractivity contribution in [3.05, 3.63) is 63.6 Å². The van der Waals surface area contributed by atoms with Gasteiger partial charge in [-0.1, -0.05) is 33.6 Å². The summed E-state index contributed by atoms with van der Waals surface area (Å²) in [5.41, 5.74) is 3.57. The number of rotatable bonds is 6. The normalized spacial score (nSPS) is 16.0. The molecule has 1 saturated heterocycles. The highest BCUT2D eigenvalue weighted by atomic mass is 79.9. The van der Waals surface area contributed by atoms with Crippen molar-refractivity contribution in [2.24, 2.45) is 0 Å². The highest BCUT2D eigenvalue weighted by molar-refractivity contribution is 9.10. The van der Waals surface area contributed by atoms with Gasteiger partial charge in [0.05, 0.1) is 6.42 Å². The van der Waals surface area contributed by atoms with Crippen LogP contribution in [0.4, 0.5) is 5.69 Å². The van der Waals surface area contributed by atoms with Gasteiger partial charge in [-0.25, -0.2) is 5.01 Å². The van der Waals surface area contributed by atoms with Gasteiger partial charge in [0.1, 0.15) is 6.04 Å². The van der Waals surface area contributed by atoms with Crippen LogP contribution in [0.5, 0.6) is 0 Å². The second-order valence-electron chi connectivity index (χ2n) is 6.46. The number of hydrogen-bond acceptors (Lipinski definition) is 4. The molecule has 1 fully saturated rings. The van der Waals surface area contributed by atoms with E-state index in [4.69, 9.17) is 23.8 Å². The minimum absolute atomic E-state index is 0.147. The summed E-state index contributed by atoms with van der Waals surface area (Å²) in [5.74, 6) is -1.19. The van der Waals surface area contributed by atoms with Gasteiger partial charge >= 0.3 is 0 Å². The average molecular weight is 510 g/mol. The van der Waals surface area contributed by atoms with Gasteiger partial charge in [-0.3, -0.25) is 24.7 Å². The van der Waals surface area contributed by atoms with Gasteiger partial charge in [0, 0.05) is 27.3 Å². The number of nitrogens with one attached hydrogen (secondary N) is 2. The third kappa shape index (κ3) is 4.97. The Morgan fingerprint density at radius 3 is 2.53 bits per heavy atom. The number of halogens is 2. The SMILES string of the molecule is CCN1C(=O)C(CC(=O)Nc2cccc(Cl)c2)N(NC(=O)c2ccc(Br)cc2)C1=S. The molecule has 3 rings (SSSR count). The van der Waals surface area contributed by atoms with E-state index >= 15 is 0 Å². The van der Waals surface area contributed by atoms with E-state index in [-0.39, 0.29) is 17.4 Å². The number of carbonyl (C=O) groups is 3. The number of nitrogens with zero attached hydrogens (tertiary/aromatic N) is 2. The van der Waals surface area contributed by atoms with Crippen molar-refractivity contribution in [1.29, 1.82) is 0 Å². The lowest BCUT2D eigenvalue weighted by Gasteiger charge is -2.24. The molecular formula is C20H18BrClN4O3S. The molecule has 2 N–H and O–H groups in total. The molecule has 0 saturated carbocycles. The molecular weight excluding hydrogens is 492 g/mol. The van der Waals surface area contributed by atoms with Gasteiger partial charge in [0.15, 0.2) is 5.11 Å². The molecule has 0 aliphatic carbocycles. The highest BCUT2D eigenvalue weighted by Crippen LogP contribution is 2.21. The minimum Gasteiger partial charge on any atom is -0.326 e. The van der Waals surface area contributed by atoms with Crippen LogP contribution in [0.25, 0.3) is 0 Å². The average Bonchev–Trinajstić information content (AvgIpc) is 2.91. The third-order valence-corrected chi connectivity index (χ3v) is 5.61. The first kappa shape index (κ1) is 22.2. The Balaban J connectivity index is 1.76. The summed E-state index contributed by atoms with van der Waals surface area (Å²) >= 11 is 14.6. The van der Waals surface area contributed by atoms with E-state index in [1.54, 1.807) is 55.5 Å². The zero-order chi connectivity index (χ0) is 21.8. The van der Waals surface area contributed by atoms with Crippen molar-refractivity contribution in [3.63, 3.8) is 0 Å². The van der Waals surface area contributed by atoms with Crippen LogP contribution in [0.2, 0.25) is 5.02 Å². The van der Waals surface area contributed by atoms with E-state index < -0.39 is 17.9 Å². The van der Waals surface area contributed by atoms with Crippen LogP contribution in [0.15, 0.2) is 53.0 Å². The first-order chi connectivity index (χ1) is 14.3. The van der Waals surface area contributed by atoms with Crippen LogP contribution in [-0.2, 0) is 9.59 Å². The van der Waals surface area contributed by atoms with Gasteiger partial charge in [-0.15, -0.1) is 0 Å². The first-order valence-corrected chi connectivity index (χ1v) is 10.6. The molecule has 3 amide bonds. The fourth-order valence-corrected chi connectivity index (χ4v) is 3.82. The summed E-state index contributed by atoms with van der Waals surface area (Å²) < 4.78 is 0.832. The predicted octanol–water partition coefficient (Wildman–Crippen LogP) is 3.59. The zero-order valence-electron chi connectivity index (χ0n) is 15.9. The summed E-state index contributed by atoms with van der Waals surface area (Å²) in [5, 5.41) is 4.61. The fourth-order valence-electron chi connectivity index (χ4n) is 2.97. The fraction of sp³-hybridized carbons (Fsp3) is 0.200. The van der Waals surface area contributed by atoms with Crippen molar-refractivity contribution in [1.82, 2.24) is 15.3 Å². The Kier molecular flexibility index (Phi) is 7.06. The zero-order valence-corrected chi connectivity index (χ0v) is 19.1. The van der Waals surface area contributed by atoms with Crippen LogP contribution in [-0.4, -0.2) is 45.3 Å². The Morgan fingerprint density at radius 2 is 1.90 bits per heavy atom. The lowest BCUT2D eigenvalue weighted by molar-refractivity contribution is -0.130. The summed E-state index contributed by atoms with van der Waals surface area (Å²) in [6.07, 6.45) is -0.192. The molecule has 1 atom stereocenters. The monoisotopic (exact) mass is 508 g/mol. The molecule has 1 aliphatic rings. The lowest BCUT2D eigenvalue weighted by atomic mass is 10.2. The van der Waals surface area contributed by atoms with Crippen LogP contribution in [0, 0.1) is 0 Å². The lowest BCUT2D eigenvalue weighted by Crippen LogP contribution is -2.49. The molecule has 0 aromatic heterocycles. The maximum atomic E-state index is 12.8. The molecule has 156 valence electrons. The number of hydrazine groups is 1. The molecule has 1 unspecified atom stereocenters. The largest absolute Gasteiger partial charge is 0.326 e. The topological polar surface area (TPSA) is 81.8 Å². The molecule has 10 heteroatoms. The van der Waals surface area contributed by atoms with Crippen molar-refractivity contribution < 1.29 is 14.4 Å². The summed E-state index contributed by atoms with van der Waals surface area (Å²) in [6.45, 7) is 2.10. The Labute approximate surface area is 192 Å². The van der Waals surface area contributed by atoms with Gasteiger partial charge in [0.2, 0.25) is 5.91 Å². The van der Waals surface area contributed by atoms with Crippen molar-refractivity contribution in [3.8, 4) is 0 Å². The van der Waals surface area contributed by atoms with E-state index in [1.165, 1.54) is 9.91 Å². The number of amides is 3. The maximum Gasteiger partial charge on any atom is 0.269 e. The van der Waals surface area contributed by atoms with Gasteiger partial charge in [-0.2, -0.15) is 0 Å². The van der Waals surface area contributed by atoms with Crippen molar-refractivity contribution >= 4 is 68.3 Å². The molecule has 0 radical (unpaired) electrons. The highest BCUT2D eigenvalue weighted by Gasteiger charge is 2.43. The number of thiocarbonyl (C=S) groups is 1. The van der Waals surface area contributed by atoms with Crippen molar-refractivity contribution in [2.75, 3.05) is 11.9 Å². The smallest absolute Gasteiger partial charge is 0.269 e. The third-order valence-electron chi connectivity index (χ3n) is 4.43. The quantitative estimate of drug-likeness (QED) is 0.582. The predicted molar refractivity (Wildman–Crippen MR) is 122 cm³/mol. The molecule has 2 aromatic carbocycles.